The van der Waals surface area contributed by atoms with Crippen molar-refractivity contribution in [2.75, 3.05) is 14.1 Å². The monoisotopic (exact) mass is 197 g/mol. The van der Waals surface area contributed by atoms with Crippen LogP contribution in [0.4, 0.5) is 0 Å². The van der Waals surface area contributed by atoms with E-state index in [1.807, 2.05) is 0 Å². The minimum Gasteiger partial charge on any atom is -0.580 e. The van der Waals surface area contributed by atoms with E-state index in [-0.39, 0.29) is 32.7 Å². The molecule has 0 aliphatic heterocycles. The van der Waals surface area contributed by atoms with Gasteiger partial charge in [-0.05, 0) is 0 Å². The summed E-state index contributed by atoms with van der Waals surface area (Å²) in [6.45, 7) is 0. The zero-order chi connectivity index (χ0) is 4.99. The van der Waals surface area contributed by atoms with Crippen molar-refractivity contribution in [1.29, 1.82) is 0 Å². The molecule has 0 aromatic carbocycles. The van der Waals surface area contributed by atoms with Crippen molar-refractivity contribution in [3.63, 3.8) is 0 Å². The molecule has 0 atom stereocenters. The summed E-state index contributed by atoms with van der Waals surface area (Å²) < 4.78 is 3.81. The van der Waals surface area contributed by atoms with E-state index in [4.69, 9.17) is 0 Å². The van der Waals surface area contributed by atoms with E-state index in [2.05, 4.69) is 22.2 Å². The van der Waals surface area contributed by atoms with Gasteiger partial charge < -0.3 is 17.2 Å². The van der Waals surface area contributed by atoms with E-state index >= 15 is 0 Å². The molecule has 5 heteroatoms. The molecule has 0 saturated heterocycles. The van der Waals surface area contributed by atoms with Crippen molar-refractivity contribution >= 4 is 12.9 Å². The molecule has 0 bridgehead atoms. The summed E-state index contributed by atoms with van der Waals surface area (Å²) in [5.41, 5.74) is 0. The molecule has 0 unspecified atom stereocenters. The first kappa shape index (κ1) is 11.2. The Morgan fingerprint density at radius 3 is 1.86 bits per heavy atom. The number of hydroxylamine groups is 2. The van der Waals surface area contributed by atoms with E-state index in [9.17, 15) is 0 Å². The van der Waals surface area contributed by atoms with E-state index in [1.165, 1.54) is 5.06 Å². The molecule has 7 heavy (non-hydrogen) atoms. The Morgan fingerprint density at radius 1 is 1.43 bits per heavy atom. The predicted octanol–water partition coefficient (Wildman–Crippen LogP) is -0.129. The minimum atomic E-state index is 0. The van der Waals surface area contributed by atoms with Crippen LogP contribution in [0.2, 0.25) is 0 Å². The summed E-state index contributed by atoms with van der Waals surface area (Å²) in [7, 11) is 3.35. The second-order valence-electron chi connectivity index (χ2n) is 0.955. The fourth-order valence-electron chi connectivity index (χ4n) is 0.0609. The molecule has 0 heterocycles. The molecule has 0 aromatic rings. The maximum atomic E-state index is 4.19. The van der Waals surface area contributed by atoms with Gasteiger partial charge in [-0.1, -0.05) is 0 Å². The molecule has 0 radical (unpaired) electrons. The molecule has 0 rings (SSSR count). The molecule has 0 aliphatic rings. The fourth-order valence-corrected chi connectivity index (χ4v) is 0.183. The Kier molecular flexibility index (Phi) is 11.7. The number of rotatable bonds is 2. The van der Waals surface area contributed by atoms with Crippen LogP contribution in [0.5, 0.6) is 0 Å². The van der Waals surface area contributed by atoms with Gasteiger partial charge in [0.25, 0.3) is 0 Å². The molecule has 0 amide bonds. The van der Waals surface area contributed by atoms with Gasteiger partial charge in [0.1, 0.15) is 0 Å². The zero-order valence-electron chi connectivity index (χ0n) is 4.25. The summed E-state index contributed by atoms with van der Waals surface area (Å²) in [6.07, 6.45) is 0. The molecule has 0 aliphatic carbocycles. The SMILES string of the molecule is CN(C)OO[S-].[Y+3]. The van der Waals surface area contributed by atoms with E-state index < -0.39 is 0 Å². The molecule has 3 nitrogen and oxygen atoms in total. The number of hydrogen-bond donors (Lipinski definition) is 0. The van der Waals surface area contributed by atoms with Crippen LogP contribution in [-0.4, -0.2) is 19.2 Å². The molecule has 0 N–H and O–H groups in total. The first-order chi connectivity index (χ1) is 2.77. The minimum absolute atomic E-state index is 0. The Morgan fingerprint density at radius 2 is 1.86 bits per heavy atom. The molecule has 0 aromatic heterocycles. The first-order valence-corrected chi connectivity index (χ1v) is 1.74. The standard InChI is InChI=1S/C2H7NO2S.Y/c1-3(2)4-5-6;/h6H,1-2H3;/q;+3/p-1. The summed E-state index contributed by atoms with van der Waals surface area (Å²) in [5, 5.41) is 1.35. The summed E-state index contributed by atoms with van der Waals surface area (Å²) in [5.74, 6) is 0. The van der Waals surface area contributed by atoms with Crippen LogP contribution in [-0.2, 0) is 54.9 Å². The molecular weight excluding hydrogens is 191 g/mol. The van der Waals surface area contributed by atoms with E-state index in [1.54, 1.807) is 14.1 Å². The van der Waals surface area contributed by atoms with Crippen molar-refractivity contribution in [1.82, 2.24) is 5.06 Å². The van der Waals surface area contributed by atoms with Gasteiger partial charge in [0, 0.05) is 14.1 Å². The first-order valence-electron chi connectivity index (χ1n) is 1.41. The quantitative estimate of drug-likeness (QED) is 0.349. The normalized spacial score (nSPS) is 8.57. The number of hydrogen-bond acceptors (Lipinski definition) is 4. The average Bonchev–Trinajstić information content (AvgIpc) is 1.35. The van der Waals surface area contributed by atoms with Crippen LogP contribution in [0.25, 0.3) is 0 Å². The summed E-state index contributed by atoms with van der Waals surface area (Å²) in [4.78, 5) is 4.19. The van der Waals surface area contributed by atoms with Gasteiger partial charge in [-0.2, -0.15) is 10.1 Å². The number of nitrogens with zero attached hydrogens (tertiary/aromatic N) is 1. The second-order valence-corrected chi connectivity index (χ2v) is 1.09. The Labute approximate surface area is 73.7 Å². The summed E-state index contributed by atoms with van der Waals surface area (Å²) in [6, 6.07) is 0. The fraction of sp³-hybridized carbons (Fsp3) is 1.00. The van der Waals surface area contributed by atoms with Gasteiger partial charge in [0.2, 0.25) is 0 Å². The van der Waals surface area contributed by atoms with Crippen molar-refractivity contribution in [2.24, 2.45) is 0 Å². The van der Waals surface area contributed by atoms with Crippen molar-refractivity contribution in [2.45, 2.75) is 0 Å². The molecule has 0 fully saturated rings. The summed E-state index contributed by atoms with van der Waals surface area (Å²) >= 11 is 3.96. The Balaban J connectivity index is 0. The van der Waals surface area contributed by atoms with Gasteiger partial charge in [-0.25, -0.2) is 0 Å². The van der Waals surface area contributed by atoms with Crippen LogP contribution in [0, 0.1) is 0 Å². The van der Waals surface area contributed by atoms with Crippen LogP contribution < -0.4 is 0 Å². The maximum Gasteiger partial charge on any atom is 3.00 e. The van der Waals surface area contributed by atoms with Crippen molar-refractivity contribution in [3.8, 4) is 0 Å². The van der Waals surface area contributed by atoms with Crippen LogP contribution >= 0.6 is 0 Å². The third kappa shape index (κ3) is 11.1. The Bertz CT molecular complexity index is 36.9. The molecule has 38 valence electrons. The van der Waals surface area contributed by atoms with Crippen LogP contribution in [0.1, 0.15) is 0 Å². The van der Waals surface area contributed by atoms with E-state index in [0.717, 1.165) is 0 Å². The Hall–Kier alpha value is 1.33. The van der Waals surface area contributed by atoms with Gasteiger partial charge in [-0.15, -0.1) is 0 Å². The third-order valence-electron chi connectivity index (χ3n) is 0.180. The van der Waals surface area contributed by atoms with Crippen molar-refractivity contribution < 1.29 is 42.0 Å². The van der Waals surface area contributed by atoms with Crippen molar-refractivity contribution in [3.05, 3.63) is 0 Å². The van der Waals surface area contributed by atoms with Gasteiger partial charge >= 0.3 is 32.7 Å². The maximum absolute atomic E-state index is 4.19. The van der Waals surface area contributed by atoms with Gasteiger partial charge in [0.05, 0.1) is 0 Å². The predicted molar refractivity (Wildman–Crippen MR) is 23.2 cm³/mol. The molecular formula is C2H6NO2SY+2. The van der Waals surface area contributed by atoms with Crippen LogP contribution in [0.3, 0.4) is 0 Å². The molecule has 0 saturated carbocycles. The smallest absolute Gasteiger partial charge is 0.580 e. The average molecular weight is 197 g/mol. The largest absolute Gasteiger partial charge is 3.00 e. The van der Waals surface area contributed by atoms with Gasteiger partial charge in [-0.3, -0.25) is 0 Å². The third-order valence-corrected chi connectivity index (χ3v) is 0.240. The zero-order valence-corrected chi connectivity index (χ0v) is 7.90. The van der Waals surface area contributed by atoms with Gasteiger partial charge in [0.15, 0.2) is 0 Å². The van der Waals surface area contributed by atoms with Crippen LogP contribution in [0.15, 0.2) is 0 Å². The van der Waals surface area contributed by atoms with E-state index in [0.29, 0.717) is 0 Å². The second kappa shape index (κ2) is 7.33. The molecule has 0 spiro atoms. The topological polar surface area (TPSA) is 21.7 Å².